The lowest BCUT2D eigenvalue weighted by molar-refractivity contribution is 0.0444. The first-order valence-corrected chi connectivity index (χ1v) is 7.15. The zero-order chi connectivity index (χ0) is 14.8. The summed E-state index contributed by atoms with van der Waals surface area (Å²) in [6.07, 6.45) is 3.94. The molecule has 1 saturated carbocycles. The van der Waals surface area contributed by atoms with Crippen LogP contribution in [0.25, 0.3) is 11.4 Å². The normalized spacial score (nSPS) is 16.7. The van der Waals surface area contributed by atoms with E-state index in [2.05, 4.69) is 10.1 Å². The van der Waals surface area contributed by atoms with Crippen LogP contribution >= 0.6 is 0 Å². The molecule has 3 rings (SSSR count). The van der Waals surface area contributed by atoms with Crippen molar-refractivity contribution in [2.24, 2.45) is 5.92 Å². The number of hydrogen-bond acceptors (Lipinski definition) is 4. The van der Waals surface area contributed by atoms with E-state index in [1.54, 1.807) is 16.8 Å². The molecular formula is C15H18FN3O2. The maximum atomic E-state index is 12.9. The summed E-state index contributed by atoms with van der Waals surface area (Å²) in [5.41, 5.74) is 1.73. The SMILES string of the molecule is OCc1cc(-c2ccc(F)cn2)nn1CC(O)C1CCC1. The largest absolute Gasteiger partial charge is 0.391 e. The predicted octanol–water partition coefficient (Wildman–Crippen LogP) is 1.74. The quantitative estimate of drug-likeness (QED) is 0.880. The van der Waals surface area contributed by atoms with Gasteiger partial charge in [0.15, 0.2) is 0 Å². The van der Waals surface area contributed by atoms with E-state index >= 15 is 0 Å². The second kappa shape index (κ2) is 5.91. The summed E-state index contributed by atoms with van der Waals surface area (Å²) in [5, 5.41) is 23.9. The molecule has 0 spiro atoms. The summed E-state index contributed by atoms with van der Waals surface area (Å²) in [7, 11) is 0. The molecule has 1 fully saturated rings. The van der Waals surface area contributed by atoms with E-state index in [-0.39, 0.29) is 6.61 Å². The van der Waals surface area contributed by atoms with E-state index in [1.165, 1.54) is 12.5 Å². The summed E-state index contributed by atoms with van der Waals surface area (Å²) in [6, 6.07) is 4.59. The Morgan fingerprint density at radius 2 is 2.14 bits per heavy atom. The molecule has 2 aromatic heterocycles. The lowest BCUT2D eigenvalue weighted by Crippen LogP contribution is -2.31. The van der Waals surface area contributed by atoms with Gasteiger partial charge in [0.1, 0.15) is 11.5 Å². The number of aliphatic hydroxyl groups excluding tert-OH is 2. The molecule has 1 atom stereocenters. The summed E-state index contributed by atoms with van der Waals surface area (Å²) in [6.45, 7) is 0.202. The van der Waals surface area contributed by atoms with Crippen LogP contribution in [0.5, 0.6) is 0 Å². The van der Waals surface area contributed by atoms with Crippen LogP contribution in [0.4, 0.5) is 4.39 Å². The Hall–Kier alpha value is -1.79. The van der Waals surface area contributed by atoms with E-state index in [1.807, 2.05) is 0 Å². The van der Waals surface area contributed by atoms with Gasteiger partial charge >= 0.3 is 0 Å². The second-order valence-corrected chi connectivity index (χ2v) is 5.48. The van der Waals surface area contributed by atoms with Crippen molar-refractivity contribution in [1.29, 1.82) is 0 Å². The highest BCUT2D eigenvalue weighted by atomic mass is 19.1. The number of aliphatic hydroxyl groups is 2. The van der Waals surface area contributed by atoms with Crippen LogP contribution in [0, 0.1) is 11.7 Å². The first kappa shape index (κ1) is 14.2. The van der Waals surface area contributed by atoms with E-state index in [4.69, 9.17) is 0 Å². The number of aromatic nitrogens is 3. The first-order valence-electron chi connectivity index (χ1n) is 7.15. The smallest absolute Gasteiger partial charge is 0.141 e. The minimum Gasteiger partial charge on any atom is -0.391 e. The number of nitrogens with zero attached hydrogens (tertiary/aromatic N) is 3. The van der Waals surface area contributed by atoms with Gasteiger partial charge in [0, 0.05) is 0 Å². The van der Waals surface area contributed by atoms with Crippen LogP contribution in [0.2, 0.25) is 0 Å². The maximum absolute atomic E-state index is 12.9. The van der Waals surface area contributed by atoms with E-state index in [9.17, 15) is 14.6 Å². The van der Waals surface area contributed by atoms with Gasteiger partial charge in [-0.15, -0.1) is 0 Å². The van der Waals surface area contributed by atoms with Gasteiger partial charge in [-0.2, -0.15) is 5.10 Å². The lowest BCUT2D eigenvalue weighted by atomic mass is 9.81. The van der Waals surface area contributed by atoms with Crippen molar-refractivity contribution in [3.8, 4) is 11.4 Å². The average molecular weight is 291 g/mol. The number of halogens is 1. The molecule has 112 valence electrons. The molecule has 0 saturated heterocycles. The monoisotopic (exact) mass is 291 g/mol. The van der Waals surface area contributed by atoms with Gasteiger partial charge in [-0.05, 0) is 37.0 Å². The standard InChI is InChI=1S/C15H18FN3O2/c16-11-4-5-13(17-7-11)14-6-12(9-20)19(18-14)8-15(21)10-2-1-3-10/h4-7,10,15,20-21H,1-3,8-9H2. The van der Waals surface area contributed by atoms with Crippen molar-refractivity contribution >= 4 is 0 Å². The van der Waals surface area contributed by atoms with Gasteiger partial charge < -0.3 is 10.2 Å². The van der Waals surface area contributed by atoms with Crippen LogP contribution < -0.4 is 0 Å². The predicted molar refractivity (Wildman–Crippen MR) is 74.7 cm³/mol. The zero-order valence-electron chi connectivity index (χ0n) is 11.6. The Kier molecular flexibility index (Phi) is 3.98. The molecule has 0 aromatic carbocycles. The summed E-state index contributed by atoms with van der Waals surface area (Å²) >= 11 is 0. The van der Waals surface area contributed by atoms with Crippen LogP contribution in [-0.4, -0.2) is 31.1 Å². The first-order chi connectivity index (χ1) is 10.2. The summed E-state index contributed by atoms with van der Waals surface area (Å²) in [5.74, 6) is -0.0749. The third kappa shape index (κ3) is 2.96. The van der Waals surface area contributed by atoms with Gasteiger partial charge in [0.25, 0.3) is 0 Å². The fourth-order valence-electron chi connectivity index (χ4n) is 2.54. The van der Waals surface area contributed by atoms with Crippen LogP contribution in [0.1, 0.15) is 25.0 Å². The van der Waals surface area contributed by atoms with Crippen LogP contribution in [0.15, 0.2) is 24.4 Å². The van der Waals surface area contributed by atoms with Crippen molar-refractivity contribution in [2.45, 2.75) is 38.5 Å². The van der Waals surface area contributed by atoms with Crippen molar-refractivity contribution in [1.82, 2.24) is 14.8 Å². The fourth-order valence-corrected chi connectivity index (χ4v) is 2.54. The third-order valence-electron chi connectivity index (χ3n) is 4.07. The fraction of sp³-hybridized carbons (Fsp3) is 0.467. The van der Waals surface area contributed by atoms with E-state index in [0.29, 0.717) is 29.5 Å². The van der Waals surface area contributed by atoms with Crippen molar-refractivity contribution in [3.05, 3.63) is 35.9 Å². The van der Waals surface area contributed by atoms with Gasteiger partial charge in [0.05, 0.1) is 36.8 Å². The maximum Gasteiger partial charge on any atom is 0.141 e. The number of pyridine rings is 1. The Balaban J connectivity index is 1.81. The molecule has 2 heterocycles. The third-order valence-corrected chi connectivity index (χ3v) is 4.07. The molecule has 1 unspecified atom stereocenters. The number of rotatable bonds is 5. The molecule has 2 aromatic rings. The van der Waals surface area contributed by atoms with Crippen molar-refractivity contribution in [2.75, 3.05) is 0 Å². The molecule has 2 N–H and O–H groups in total. The highest BCUT2D eigenvalue weighted by molar-refractivity contribution is 5.53. The Labute approximate surface area is 122 Å². The van der Waals surface area contributed by atoms with Crippen molar-refractivity contribution in [3.63, 3.8) is 0 Å². The number of hydrogen-bond donors (Lipinski definition) is 2. The molecule has 6 heteroatoms. The Bertz CT molecular complexity index is 608. The molecule has 5 nitrogen and oxygen atoms in total. The molecule has 21 heavy (non-hydrogen) atoms. The molecule has 1 aliphatic carbocycles. The molecule has 0 bridgehead atoms. The van der Waals surface area contributed by atoms with Crippen LogP contribution in [0.3, 0.4) is 0 Å². The minimum absolute atomic E-state index is 0.161. The topological polar surface area (TPSA) is 71.2 Å². The van der Waals surface area contributed by atoms with Crippen LogP contribution in [-0.2, 0) is 13.2 Å². The average Bonchev–Trinajstić information content (AvgIpc) is 2.80. The van der Waals surface area contributed by atoms with Gasteiger partial charge in [-0.25, -0.2) is 4.39 Å². The minimum atomic E-state index is -0.446. The van der Waals surface area contributed by atoms with Gasteiger partial charge in [0.2, 0.25) is 0 Å². The van der Waals surface area contributed by atoms with Gasteiger partial charge in [-0.3, -0.25) is 9.67 Å². The highest BCUT2D eigenvalue weighted by Gasteiger charge is 2.26. The molecular weight excluding hydrogens is 273 g/mol. The second-order valence-electron chi connectivity index (χ2n) is 5.48. The van der Waals surface area contributed by atoms with E-state index in [0.717, 1.165) is 19.0 Å². The lowest BCUT2D eigenvalue weighted by Gasteiger charge is -2.30. The summed E-state index contributed by atoms with van der Waals surface area (Å²) < 4.78 is 14.5. The Morgan fingerprint density at radius 3 is 2.71 bits per heavy atom. The zero-order valence-corrected chi connectivity index (χ0v) is 11.6. The highest BCUT2D eigenvalue weighted by Crippen LogP contribution is 2.30. The molecule has 0 aliphatic heterocycles. The molecule has 0 amide bonds. The van der Waals surface area contributed by atoms with Gasteiger partial charge in [-0.1, -0.05) is 6.42 Å². The van der Waals surface area contributed by atoms with E-state index < -0.39 is 11.9 Å². The summed E-state index contributed by atoms with van der Waals surface area (Å²) in [4.78, 5) is 3.98. The molecule has 1 aliphatic rings. The molecule has 0 radical (unpaired) electrons. The van der Waals surface area contributed by atoms with Crippen molar-refractivity contribution < 1.29 is 14.6 Å². The Morgan fingerprint density at radius 1 is 1.33 bits per heavy atom.